The Kier molecular flexibility index (Phi) is 4.69. The highest BCUT2D eigenvalue weighted by Gasteiger charge is 2.27. The van der Waals surface area contributed by atoms with Gasteiger partial charge in [-0.15, -0.1) is 0 Å². The Bertz CT molecular complexity index is 644. The van der Waals surface area contributed by atoms with E-state index in [0.29, 0.717) is 30.4 Å². The third-order valence-electron chi connectivity index (χ3n) is 3.23. The van der Waals surface area contributed by atoms with Gasteiger partial charge < -0.3 is 15.7 Å². The van der Waals surface area contributed by atoms with Crippen LogP contribution in [0.4, 0.5) is 10.6 Å². The molecule has 0 aromatic carbocycles. The number of rotatable bonds is 3. The third-order valence-corrected chi connectivity index (χ3v) is 5.21. The number of aromatic nitrogens is 1. The Morgan fingerprint density at radius 3 is 2.67 bits per heavy atom. The summed E-state index contributed by atoms with van der Waals surface area (Å²) in [5, 5.41) is 8.86. The molecule has 21 heavy (non-hydrogen) atoms. The van der Waals surface area contributed by atoms with Crippen molar-refractivity contribution in [1.82, 2.24) is 14.6 Å². The topological polar surface area (TPSA) is 126 Å². The zero-order valence-electron chi connectivity index (χ0n) is 11.0. The van der Waals surface area contributed by atoms with Gasteiger partial charge in [0.05, 0.1) is 0 Å². The fourth-order valence-corrected chi connectivity index (χ4v) is 4.01. The van der Waals surface area contributed by atoms with E-state index in [1.165, 1.54) is 17.2 Å². The number of pyridine rings is 1. The normalized spacial score (nSPS) is 16.9. The molecule has 116 valence electrons. The number of hydrogen-bond acceptors (Lipinski definition) is 5. The first-order valence-electron chi connectivity index (χ1n) is 6.21. The van der Waals surface area contributed by atoms with E-state index in [1.54, 1.807) is 0 Å². The van der Waals surface area contributed by atoms with Crippen molar-refractivity contribution in [1.29, 1.82) is 0 Å². The molecule has 0 saturated carbocycles. The van der Waals surface area contributed by atoms with Gasteiger partial charge >= 0.3 is 6.09 Å². The Morgan fingerprint density at radius 1 is 1.48 bits per heavy atom. The Labute approximate surface area is 130 Å². The van der Waals surface area contributed by atoms with Crippen LogP contribution >= 0.6 is 15.9 Å². The van der Waals surface area contributed by atoms with Crippen molar-refractivity contribution in [3.8, 4) is 0 Å². The van der Waals surface area contributed by atoms with Crippen LogP contribution in [0.15, 0.2) is 21.6 Å². The number of nitrogens with two attached hydrogens (primary N) is 1. The molecular formula is C11H15BrN4O4S. The number of halogens is 1. The molecule has 1 aromatic heterocycles. The number of nitrogens with one attached hydrogen (secondary N) is 1. The fourth-order valence-electron chi connectivity index (χ4n) is 2.12. The van der Waals surface area contributed by atoms with Crippen molar-refractivity contribution < 1.29 is 18.3 Å². The van der Waals surface area contributed by atoms with Crippen molar-refractivity contribution in [3.05, 3.63) is 16.7 Å². The predicted molar refractivity (Wildman–Crippen MR) is 79.3 cm³/mol. The second-order valence-corrected chi connectivity index (χ2v) is 7.30. The summed E-state index contributed by atoms with van der Waals surface area (Å²) in [6, 6.07) is 1.07. The minimum atomic E-state index is -3.78. The summed E-state index contributed by atoms with van der Waals surface area (Å²) in [6.45, 7) is 0.601. The van der Waals surface area contributed by atoms with E-state index in [2.05, 4.69) is 25.6 Å². The summed E-state index contributed by atoms with van der Waals surface area (Å²) < 4.78 is 27.7. The van der Waals surface area contributed by atoms with Crippen molar-refractivity contribution in [2.24, 2.45) is 0 Å². The van der Waals surface area contributed by atoms with Crippen molar-refractivity contribution >= 4 is 37.9 Å². The number of carboxylic acid groups (broad SMARTS) is 1. The van der Waals surface area contributed by atoms with Crippen LogP contribution in [0.25, 0.3) is 0 Å². The van der Waals surface area contributed by atoms with E-state index in [9.17, 15) is 13.2 Å². The van der Waals surface area contributed by atoms with Crippen molar-refractivity contribution in [3.63, 3.8) is 0 Å². The fraction of sp³-hybridized carbons (Fsp3) is 0.455. The molecular weight excluding hydrogens is 364 g/mol. The van der Waals surface area contributed by atoms with Crippen molar-refractivity contribution in [2.75, 3.05) is 18.8 Å². The number of amides is 1. The largest absolute Gasteiger partial charge is 0.465 e. The molecule has 1 aliphatic rings. The molecule has 0 bridgehead atoms. The predicted octanol–water partition coefficient (Wildman–Crippen LogP) is 0.847. The van der Waals surface area contributed by atoms with Gasteiger partial charge in [0.1, 0.15) is 10.7 Å². The maximum absolute atomic E-state index is 12.3. The summed E-state index contributed by atoms with van der Waals surface area (Å²) in [5.41, 5.74) is 5.61. The monoisotopic (exact) mass is 378 g/mol. The van der Waals surface area contributed by atoms with Gasteiger partial charge in [-0.3, -0.25) is 0 Å². The van der Waals surface area contributed by atoms with Gasteiger partial charge in [0.15, 0.2) is 0 Å². The maximum atomic E-state index is 12.3. The lowest BCUT2D eigenvalue weighted by atomic mass is 10.1. The average Bonchev–Trinajstić information content (AvgIpc) is 2.41. The standard InChI is InChI=1S/C11H15BrN4O4S/c12-7-5-9(10(13)14-6-7)21(19,20)15-8-1-3-16(4-2-8)11(17)18/h5-6,8,15H,1-4H2,(H2,13,14)(H,17,18). The summed E-state index contributed by atoms with van der Waals surface area (Å²) in [7, 11) is -3.78. The smallest absolute Gasteiger partial charge is 0.407 e. The van der Waals surface area contributed by atoms with Gasteiger partial charge in [0, 0.05) is 29.8 Å². The van der Waals surface area contributed by atoms with Crippen LogP contribution < -0.4 is 10.5 Å². The minimum absolute atomic E-state index is 0.0753. The van der Waals surface area contributed by atoms with Crippen LogP contribution in [0.3, 0.4) is 0 Å². The van der Waals surface area contributed by atoms with Gasteiger partial charge in [-0.1, -0.05) is 0 Å². The molecule has 0 radical (unpaired) electrons. The van der Waals surface area contributed by atoms with Crippen LogP contribution in [0.1, 0.15) is 12.8 Å². The van der Waals surface area contributed by atoms with Crippen LogP contribution in [0.5, 0.6) is 0 Å². The van der Waals surface area contributed by atoms with E-state index < -0.39 is 16.1 Å². The second-order valence-electron chi connectivity index (χ2n) is 4.70. The van der Waals surface area contributed by atoms with Gasteiger partial charge in [-0.2, -0.15) is 0 Å². The van der Waals surface area contributed by atoms with E-state index in [1.807, 2.05) is 0 Å². The van der Waals surface area contributed by atoms with Crippen LogP contribution in [-0.2, 0) is 10.0 Å². The van der Waals surface area contributed by atoms with Crippen LogP contribution in [0.2, 0.25) is 0 Å². The van der Waals surface area contributed by atoms with E-state index >= 15 is 0 Å². The number of hydrogen-bond donors (Lipinski definition) is 3. The van der Waals surface area contributed by atoms with Gasteiger partial charge in [0.25, 0.3) is 0 Å². The molecule has 0 spiro atoms. The molecule has 1 amide bonds. The number of nitrogens with zero attached hydrogens (tertiary/aromatic N) is 2. The zero-order valence-corrected chi connectivity index (χ0v) is 13.4. The molecule has 1 aliphatic heterocycles. The Hall–Kier alpha value is -1.39. The third kappa shape index (κ3) is 3.83. The summed E-state index contributed by atoms with van der Waals surface area (Å²) >= 11 is 3.16. The number of sulfonamides is 1. The molecule has 0 atom stereocenters. The van der Waals surface area contributed by atoms with E-state index in [4.69, 9.17) is 10.8 Å². The number of anilines is 1. The average molecular weight is 379 g/mol. The lowest BCUT2D eigenvalue weighted by Gasteiger charge is -2.30. The number of piperidine rings is 1. The van der Waals surface area contributed by atoms with Gasteiger partial charge in [0.2, 0.25) is 10.0 Å². The minimum Gasteiger partial charge on any atom is -0.465 e. The second kappa shape index (κ2) is 6.16. The van der Waals surface area contributed by atoms with Gasteiger partial charge in [-0.05, 0) is 34.8 Å². The number of likely N-dealkylation sites (tertiary alicyclic amines) is 1. The summed E-state index contributed by atoms with van der Waals surface area (Å²) in [5.74, 6) is -0.0753. The summed E-state index contributed by atoms with van der Waals surface area (Å²) in [4.78, 5) is 15.8. The molecule has 4 N–H and O–H groups in total. The highest BCUT2D eigenvalue weighted by atomic mass is 79.9. The molecule has 10 heteroatoms. The number of nitrogen functional groups attached to an aromatic ring is 1. The molecule has 1 aromatic rings. The molecule has 0 aliphatic carbocycles. The molecule has 1 saturated heterocycles. The van der Waals surface area contributed by atoms with Crippen LogP contribution in [-0.4, -0.2) is 48.6 Å². The van der Waals surface area contributed by atoms with E-state index in [0.717, 1.165) is 0 Å². The highest BCUT2D eigenvalue weighted by Crippen LogP contribution is 2.22. The first kappa shape index (κ1) is 16.0. The van der Waals surface area contributed by atoms with E-state index in [-0.39, 0.29) is 16.8 Å². The Balaban J connectivity index is 2.09. The van der Waals surface area contributed by atoms with Crippen molar-refractivity contribution in [2.45, 2.75) is 23.8 Å². The SMILES string of the molecule is Nc1ncc(Br)cc1S(=O)(=O)NC1CCN(C(=O)O)CC1. The number of carbonyl (C=O) groups is 1. The lowest BCUT2D eigenvalue weighted by Crippen LogP contribution is -2.46. The molecule has 2 rings (SSSR count). The molecule has 1 fully saturated rings. The Morgan fingerprint density at radius 2 is 2.10 bits per heavy atom. The summed E-state index contributed by atoms with van der Waals surface area (Å²) in [6.07, 6.45) is 1.27. The first-order chi connectivity index (χ1) is 9.79. The quantitative estimate of drug-likeness (QED) is 0.715. The van der Waals surface area contributed by atoms with Gasteiger partial charge in [-0.25, -0.2) is 22.9 Å². The highest BCUT2D eigenvalue weighted by molar-refractivity contribution is 9.10. The zero-order chi connectivity index (χ0) is 15.6. The molecule has 0 unspecified atom stereocenters. The first-order valence-corrected chi connectivity index (χ1v) is 8.48. The molecule has 2 heterocycles. The maximum Gasteiger partial charge on any atom is 0.407 e. The molecule has 8 nitrogen and oxygen atoms in total. The van der Waals surface area contributed by atoms with Crippen LogP contribution in [0, 0.1) is 0 Å². The lowest BCUT2D eigenvalue weighted by molar-refractivity contribution is 0.131.